The third-order valence-electron chi connectivity index (χ3n) is 3.56. The number of benzene rings is 1. The van der Waals surface area contributed by atoms with Crippen LogP contribution in [0.25, 0.3) is 0 Å². The summed E-state index contributed by atoms with van der Waals surface area (Å²) in [6.07, 6.45) is 0.364. The van der Waals surface area contributed by atoms with Crippen LogP contribution in [0.5, 0.6) is 0 Å². The van der Waals surface area contributed by atoms with Gasteiger partial charge in [0.25, 0.3) is 0 Å². The maximum atomic E-state index is 13.0. The van der Waals surface area contributed by atoms with Crippen LogP contribution in [-0.4, -0.2) is 17.3 Å². The minimum absolute atomic E-state index is 0.131. The number of nitrogens with one attached hydrogen (secondary N) is 1. The highest BCUT2D eigenvalue weighted by Gasteiger charge is 2.47. The van der Waals surface area contributed by atoms with Crippen LogP contribution in [0, 0.1) is 11.2 Å². The normalized spacial score (nSPS) is 27.2. The highest BCUT2D eigenvalue weighted by molar-refractivity contribution is 5.66. The van der Waals surface area contributed by atoms with Crippen molar-refractivity contribution < 1.29 is 9.50 Å². The number of hydrogen-bond donors (Lipinski definition) is 3. The van der Waals surface area contributed by atoms with Gasteiger partial charge in [-0.3, -0.25) is 0 Å². The maximum Gasteiger partial charge on any atom is 0.125 e. The molecular weight excluding hydrogens is 207 g/mol. The van der Waals surface area contributed by atoms with E-state index in [9.17, 15) is 9.50 Å². The first-order chi connectivity index (χ1) is 7.41. The molecule has 0 aliphatic heterocycles. The lowest BCUT2D eigenvalue weighted by molar-refractivity contribution is -0.0510. The van der Waals surface area contributed by atoms with Crippen LogP contribution in [0.2, 0.25) is 0 Å². The molecule has 0 heterocycles. The zero-order chi connectivity index (χ0) is 11.9. The van der Waals surface area contributed by atoms with E-state index in [0.717, 1.165) is 0 Å². The third kappa shape index (κ3) is 1.73. The first-order valence-corrected chi connectivity index (χ1v) is 5.41. The molecule has 0 spiro atoms. The van der Waals surface area contributed by atoms with Crippen molar-refractivity contribution >= 4 is 11.4 Å². The number of aliphatic hydroxyl groups is 1. The summed E-state index contributed by atoms with van der Waals surface area (Å²) in [7, 11) is 0. The number of nitrogens with two attached hydrogens (primary N) is 1. The molecule has 0 amide bonds. The fraction of sp³-hybridized carbons (Fsp3) is 0.500. The van der Waals surface area contributed by atoms with Crippen LogP contribution in [0.3, 0.4) is 0 Å². The molecule has 2 unspecified atom stereocenters. The Kier molecular flexibility index (Phi) is 2.54. The van der Waals surface area contributed by atoms with E-state index in [4.69, 9.17) is 5.73 Å². The Labute approximate surface area is 94.5 Å². The quantitative estimate of drug-likeness (QED) is 0.673. The SMILES string of the molecule is CC1(C)C(O)CC1Nc1cc(F)ccc1N. The van der Waals surface area contributed by atoms with Crippen molar-refractivity contribution in [1.82, 2.24) is 0 Å². The molecule has 0 radical (unpaired) electrons. The number of hydrogen-bond acceptors (Lipinski definition) is 3. The lowest BCUT2D eigenvalue weighted by Gasteiger charge is -2.50. The van der Waals surface area contributed by atoms with Crippen LogP contribution in [0.4, 0.5) is 15.8 Å². The third-order valence-corrected chi connectivity index (χ3v) is 3.56. The van der Waals surface area contributed by atoms with E-state index < -0.39 is 0 Å². The van der Waals surface area contributed by atoms with Crippen LogP contribution in [0.1, 0.15) is 20.3 Å². The summed E-state index contributed by atoms with van der Waals surface area (Å²) in [5, 5.41) is 12.8. The van der Waals surface area contributed by atoms with E-state index in [1.165, 1.54) is 12.1 Å². The van der Waals surface area contributed by atoms with Crippen molar-refractivity contribution in [1.29, 1.82) is 0 Å². The Bertz CT molecular complexity index is 406. The molecule has 0 bridgehead atoms. The summed E-state index contributed by atoms with van der Waals surface area (Å²) in [5.74, 6) is -0.311. The Morgan fingerprint density at radius 2 is 2.19 bits per heavy atom. The smallest absolute Gasteiger partial charge is 0.125 e. The maximum absolute atomic E-state index is 13.0. The summed E-state index contributed by atoms with van der Waals surface area (Å²) in [6.45, 7) is 3.96. The fourth-order valence-corrected chi connectivity index (χ4v) is 1.99. The molecule has 0 aromatic heterocycles. The molecule has 1 aromatic rings. The van der Waals surface area contributed by atoms with Crippen LogP contribution >= 0.6 is 0 Å². The summed E-state index contributed by atoms with van der Waals surface area (Å²) >= 11 is 0. The second-order valence-electron chi connectivity index (χ2n) is 5.00. The van der Waals surface area contributed by atoms with Gasteiger partial charge in [-0.1, -0.05) is 13.8 Å². The van der Waals surface area contributed by atoms with E-state index in [1.54, 1.807) is 6.07 Å². The molecule has 2 rings (SSSR count). The molecule has 4 N–H and O–H groups in total. The van der Waals surface area contributed by atoms with Gasteiger partial charge in [0.05, 0.1) is 17.5 Å². The zero-order valence-corrected chi connectivity index (χ0v) is 9.50. The highest BCUT2D eigenvalue weighted by Crippen LogP contribution is 2.42. The first-order valence-electron chi connectivity index (χ1n) is 5.41. The van der Waals surface area contributed by atoms with E-state index >= 15 is 0 Å². The molecule has 1 fully saturated rings. The average molecular weight is 224 g/mol. The fourth-order valence-electron chi connectivity index (χ4n) is 1.99. The predicted octanol–water partition coefficient (Wildman–Crippen LogP) is 1.98. The summed E-state index contributed by atoms with van der Waals surface area (Å²) in [6, 6.07) is 4.39. The second-order valence-corrected chi connectivity index (χ2v) is 5.00. The molecule has 88 valence electrons. The van der Waals surface area contributed by atoms with Gasteiger partial charge in [-0.05, 0) is 24.6 Å². The minimum atomic E-state index is -0.311. The average Bonchev–Trinajstić information content (AvgIpc) is 2.23. The summed E-state index contributed by atoms with van der Waals surface area (Å²) in [4.78, 5) is 0. The van der Waals surface area contributed by atoms with Gasteiger partial charge in [0.1, 0.15) is 5.82 Å². The van der Waals surface area contributed by atoms with Crippen molar-refractivity contribution in [3.8, 4) is 0 Å². The number of halogens is 1. The molecule has 16 heavy (non-hydrogen) atoms. The van der Waals surface area contributed by atoms with Crippen molar-refractivity contribution in [3.63, 3.8) is 0 Å². The topological polar surface area (TPSA) is 58.3 Å². The lowest BCUT2D eigenvalue weighted by atomic mass is 9.64. The lowest BCUT2D eigenvalue weighted by Crippen LogP contribution is -2.56. The Morgan fingerprint density at radius 3 is 2.75 bits per heavy atom. The van der Waals surface area contributed by atoms with E-state index in [1.807, 2.05) is 13.8 Å². The summed E-state index contributed by atoms with van der Waals surface area (Å²) in [5.41, 5.74) is 6.68. The van der Waals surface area contributed by atoms with Crippen molar-refractivity contribution in [2.45, 2.75) is 32.4 Å². The Morgan fingerprint density at radius 1 is 1.50 bits per heavy atom. The molecular formula is C12H17FN2O. The van der Waals surface area contributed by atoms with Gasteiger partial charge in [-0.15, -0.1) is 0 Å². The summed E-state index contributed by atoms with van der Waals surface area (Å²) < 4.78 is 13.0. The Balaban J connectivity index is 2.13. The van der Waals surface area contributed by atoms with Gasteiger partial charge in [-0.25, -0.2) is 4.39 Å². The van der Waals surface area contributed by atoms with Crippen LogP contribution in [-0.2, 0) is 0 Å². The highest BCUT2D eigenvalue weighted by atomic mass is 19.1. The molecule has 2 atom stereocenters. The number of aliphatic hydroxyl groups excluding tert-OH is 1. The van der Waals surface area contributed by atoms with Gasteiger partial charge < -0.3 is 16.2 Å². The molecule has 1 aliphatic carbocycles. The van der Waals surface area contributed by atoms with E-state index in [0.29, 0.717) is 17.8 Å². The molecule has 1 saturated carbocycles. The van der Waals surface area contributed by atoms with Gasteiger partial charge in [0.15, 0.2) is 0 Å². The molecule has 4 heteroatoms. The van der Waals surface area contributed by atoms with Crippen molar-refractivity contribution in [3.05, 3.63) is 24.0 Å². The molecule has 3 nitrogen and oxygen atoms in total. The van der Waals surface area contributed by atoms with Gasteiger partial charge in [-0.2, -0.15) is 0 Å². The van der Waals surface area contributed by atoms with E-state index in [2.05, 4.69) is 5.32 Å². The van der Waals surface area contributed by atoms with Crippen molar-refractivity contribution in [2.24, 2.45) is 5.41 Å². The Hall–Kier alpha value is -1.29. The molecule has 0 saturated heterocycles. The molecule has 1 aliphatic rings. The van der Waals surface area contributed by atoms with E-state index in [-0.39, 0.29) is 23.4 Å². The number of anilines is 2. The monoisotopic (exact) mass is 224 g/mol. The first kappa shape index (κ1) is 11.2. The van der Waals surface area contributed by atoms with Crippen molar-refractivity contribution in [2.75, 3.05) is 11.1 Å². The van der Waals surface area contributed by atoms with Gasteiger partial charge in [0.2, 0.25) is 0 Å². The van der Waals surface area contributed by atoms with Crippen LogP contribution < -0.4 is 11.1 Å². The largest absolute Gasteiger partial charge is 0.397 e. The number of nitrogen functional groups attached to an aromatic ring is 1. The second kappa shape index (κ2) is 3.63. The number of rotatable bonds is 2. The minimum Gasteiger partial charge on any atom is -0.397 e. The molecule has 1 aromatic carbocycles. The standard InChI is InChI=1S/C12H17FN2O/c1-12(2)10(6-11(12)16)15-9-5-7(13)3-4-8(9)14/h3-5,10-11,15-16H,6,14H2,1-2H3. The van der Waals surface area contributed by atoms with Crippen LogP contribution in [0.15, 0.2) is 18.2 Å². The predicted molar refractivity (Wildman–Crippen MR) is 62.6 cm³/mol. The van der Waals surface area contributed by atoms with Gasteiger partial charge >= 0.3 is 0 Å². The van der Waals surface area contributed by atoms with Gasteiger partial charge in [0, 0.05) is 11.5 Å². The zero-order valence-electron chi connectivity index (χ0n) is 9.50.